The largest absolute Gasteiger partial charge is 0.274 e. The van der Waals surface area contributed by atoms with E-state index in [9.17, 15) is 9.18 Å². The van der Waals surface area contributed by atoms with Gasteiger partial charge in [-0.3, -0.25) is 9.69 Å². The molecule has 0 aliphatic heterocycles. The molecule has 0 radical (unpaired) electrons. The van der Waals surface area contributed by atoms with E-state index in [-0.39, 0.29) is 18.1 Å². The van der Waals surface area contributed by atoms with Gasteiger partial charge in [-0.05, 0) is 61.4 Å². The maximum Gasteiger partial charge on any atom is 0.239 e. The van der Waals surface area contributed by atoms with E-state index in [0.717, 1.165) is 27.0 Å². The lowest BCUT2D eigenvalue weighted by Gasteiger charge is -2.21. The summed E-state index contributed by atoms with van der Waals surface area (Å²) in [5.41, 5.74) is 5.16. The molecule has 33 heavy (non-hydrogen) atoms. The molecular weight excluding hydrogens is 453 g/mol. The highest BCUT2D eigenvalue weighted by molar-refractivity contribution is 7.22. The summed E-state index contributed by atoms with van der Waals surface area (Å²) >= 11 is 2.89. The number of para-hydroxylation sites is 1. The fraction of sp³-hybridized carbons (Fsp3) is 0.115. The van der Waals surface area contributed by atoms with Crippen molar-refractivity contribution in [3.8, 4) is 10.6 Å². The third kappa shape index (κ3) is 4.55. The number of fused-ring (bicyclic) bond motifs is 1. The summed E-state index contributed by atoms with van der Waals surface area (Å²) in [7, 11) is 0. The zero-order chi connectivity index (χ0) is 22.9. The smallest absolute Gasteiger partial charge is 0.239 e. The van der Waals surface area contributed by atoms with Crippen molar-refractivity contribution in [2.75, 3.05) is 4.90 Å². The van der Waals surface area contributed by atoms with Gasteiger partial charge in [-0.1, -0.05) is 41.7 Å². The number of hydrogen-bond donors (Lipinski definition) is 0. The molecule has 7 heteroatoms. The minimum atomic E-state index is -0.308. The van der Waals surface area contributed by atoms with E-state index in [1.807, 2.05) is 61.7 Å². The van der Waals surface area contributed by atoms with Gasteiger partial charge in [-0.25, -0.2) is 14.4 Å². The van der Waals surface area contributed by atoms with E-state index < -0.39 is 0 Å². The molecule has 5 aromatic rings. The second kappa shape index (κ2) is 8.84. The van der Waals surface area contributed by atoms with E-state index in [0.29, 0.717) is 21.4 Å². The van der Waals surface area contributed by atoms with Crippen LogP contribution in [-0.4, -0.2) is 15.9 Å². The van der Waals surface area contributed by atoms with Crippen molar-refractivity contribution in [2.45, 2.75) is 20.3 Å². The van der Waals surface area contributed by atoms with Crippen molar-refractivity contribution in [3.05, 3.63) is 94.7 Å². The van der Waals surface area contributed by atoms with Gasteiger partial charge in [0.15, 0.2) is 5.13 Å². The Labute approximate surface area is 199 Å². The summed E-state index contributed by atoms with van der Waals surface area (Å²) < 4.78 is 14.6. The number of thiazole rings is 2. The highest BCUT2D eigenvalue weighted by atomic mass is 32.1. The van der Waals surface area contributed by atoms with Crippen molar-refractivity contribution in [1.82, 2.24) is 9.97 Å². The third-order valence-electron chi connectivity index (χ3n) is 5.14. The summed E-state index contributed by atoms with van der Waals surface area (Å²) in [5, 5.41) is 3.18. The number of rotatable bonds is 5. The number of amides is 1. The van der Waals surface area contributed by atoms with E-state index in [2.05, 4.69) is 11.1 Å². The van der Waals surface area contributed by atoms with Gasteiger partial charge in [-0.15, -0.1) is 11.3 Å². The fourth-order valence-corrected chi connectivity index (χ4v) is 5.59. The first-order chi connectivity index (χ1) is 16.0. The summed E-state index contributed by atoms with van der Waals surface area (Å²) in [5.74, 6) is -0.424. The molecule has 0 saturated carbocycles. The number of anilines is 2. The summed E-state index contributed by atoms with van der Waals surface area (Å²) in [4.78, 5) is 24.6. The quantitative estimate of drug-likeness (QED) is 0.274. The first-order valence-corrected chi connectivity index (χ1v) is 12.1. The Morgan fingerprint density at radius 3 is 2.52 bits per heavy atom. The topological polar surface area (TPSA) is 46.1 Å². The number of hydrogen-bond acceptors (Lipinski definition) is 5. The molecule has 0 saturated heterocycles. The first kappa shape index (κ1) is 21.4. The molecule has 0 N–H and O–H groups in total. The van der Waals surface area contributed by atoms with Gasteiger partial charge >= 0.3 is 0 Å². The molecule has 0 fully saturated rings. The van der Waals surface area contributed by atoms with Crippen LogP contribution in [0.4, 0.5) is 15.2 Å². The minimum absolute atomic E-state index is 0.116. The van der Waals surface area contributed by atoms with Gasteiger partial charge in [0.1, 0.15) is 10.8 Å². The Balaban J connectivity index is 1.50. The number of carbonyl (C=O) groups is 1. The Hall–Kier alpha value is -3.42. The van der Waals surface area contributed by atoms with Gasteiger partial charge in [-0.2, -0.15) is 0 Å². The van der Waals surface area contributed by atoms with E-state index >= 15 is 0 Å². The van der Waals surface area contributed by atoms with E-state index in [1.54, 1.807) is 11.0 Å². The molecule has 4 nitrogen and oxygen atoms in total. The number of halogens is 1. The Morgan fingerprint density at radius 1 is 0.970 bits per heavy atom. The number of benzene rings is 3. The first-order valence-electron chi connectivity index (χ1n) is 10.4. The van der Waals surface area contributed by atoms with Crippen molar-refractivity contribution < 1.29 is 9.18 Å². The fourth-order valence-electron chi connectivity index (χ4n) is 3.77. The molecule has 1 amide bonds. The summed E-state index contributed by atoms with van der Waals surface area (Å²) in [6.45, 7) is 4.03. The standard InChI is InChI=1S/C26H20FN3OS2/c1-16-10-17(2)12-21(11-16)30(26-29-22-8-3-4-9-23(22)33-26)24(31)14-20-15-32-25(28-20)18-6-5-7-19(27)13-18/h3-13,15H,14H2,1-2H3. The molecule has 2 heterocycles. The van der Waals surface area contributed by atoms with Crippen LogP contribution in [0.1, 0.15) is 16.8 Å². The minimum Gasteiger partial charge on any atom is -0.274 e. The Morgan fingerprint density at radius 2 is 1.76 bits per heavy atom. The zero-order valence-electron chi connectivity index (χ0n) is 18.1. The molecule has 0 unspecified atom stereocenters. The molecule has 164 valence electrons. The van der Waals surface area contributed by atoms with Crippen molar-refractivity contribution >= 4 is 49.6 Å². The average molecular weight is 474 g/mol. The predicted molar refractivity (Wildman–Crippen MR) is 134 cm³/mol. The molecule has 2 aromatic heterocycles. The SMILES string of the molecule is Cc1cc(C)cc(N(C(=O)Cc2csc(-c3cccc(F)c3)n2)c2nc3ccccc3s2)c1. The van der Waals surface area contributed by atoms with Crippen LogP contribution in [0.2, 0.25) is 0 Å². The second-order valence-corrected chi connectivity index (χ2v) is 9.74. The highest BCUT2D eigenvalue weighted by Gasteiger charge is 2.23. The van der Waals surface area contributed by atoms with Crippen molar-refractivity contribution in [1.29, 1.82) is 0 Å². The van der Waals surface area contributed by atoms with Crippen molar-refractivity contribution in [3.63, 3.8) is 0 Å². The van der Waals surface area contributed by atoms with Gasteiger partial charge in [0.25, 0.3) is 0 Å². The summed E-state index contributed by atoms with van der Waals surface area (Å²) in [6.07, 6.45) is 0.120. The number of nitrogens with zero attached hydrogens (tertiary/aromatic N) is 3. The highest BCUT2D eigenvalue weighted by Crippen LogP contribution is 2.35. The zero-order valence-corrected chi connectivity index (χ0v) is 19.7. The maximum atomic E-state index is 13.6. The van der Waals surface area contributed by atoms with Gasteiger partial charge in [0.05, 0.1) is 28.0 Å². The van der Waals surface area contributed by atoms with E-state index in [1.165, 1.54) is 34.8 Å². The molecule has 0 aliphatic carbocycles. The molecule has 0 bridgehead atoms. The van der Waals surface area contributed by atoms with Crippen LogP contribution in [0.5, 0.6) is 0 Å². The molecular formula is C26H20FN3OS2. The summed E-state index contributed by atoms with van der Waals surface area (Å²) in [6, 6.07) is 20.3. The molecule has 3 aromatic carbocycles. The van der Waals surface area contributed by atoms with Gasteiger partial charge in [0, 0.05) is 10.9 Å². The lowest BCUT2D eigenvalue weighted by Crippen LogP contribution is -2.27. The average Bonchev–Trinajstić information content (AvgIpc) is 3.40. The van der Waals surface area contributed by atoms with Crippen LogP contribution in [0.15, 0.2) is 72.1 Å². The van der Waals surface area contributed by atoms with Crippen LogP contribution < -0.4 is 4.90 Å². The van der Waals surface area contributed by atoms with Crippen molar-refractivity contribution in [2.24, 2.45) is 0 Å². The maximum absolute atomic E-state index is 13.6. The lowest BCUT2D eigenvalue weighted by atomic mass is 10.1. The van der Waals surface area contributed by atoms with Crippen LogP contribution >= 0.6 is 22.7 Å². The molecule has 5 rings (SSSR count). The van der Waals surface area contributed by atoms with Crippen LogP contribution in [0, 0.1) is 19.7 Å². The number of aryl methyl sites for hydroxylation is 2. The monoisotopic (exact) mass is 473 g/mol. The van der Waals surface area contributed by atoms with Gasteiger partial charge in [0.2, 0.25) is 5.91 Å². The molecule has 0 aliphatic rings. The Bertz CT molecular complexity index is 1420. The molecule has 0 spiro atoms. The van der Waals surface area contributed by atoms with Crippen LogP contribution in [0.25, 0.3) is 20.8 Å². The number of carbonyl (C=O) groups excluding carboxylic acids is 1. The third-order valence-corrected chi connectivity index (χ3v) is 7.11. The number of aromatic nitrogens is 2. The second-order valence-electron chi connectivity index (χ2n) is 7.87. The van der Waals surface area contributed by atoms with Crippen LogP contribution in [-0.2, 0) is 11.2 Å². The van der Waals surface area contributed by atoms with E-state index in [4.69, 9.17) is 4.98 Å². The van der Waals surface area contributed by atoms with Crippen LogP contribution in [0.3, 0.4) is 0 Å². The lowest BCUT2D eigenvalue weighted by molar-refractivity contribution is -0.117. The normalized spacial score (nSPS) is 11.1. The Kier molecular flexibility index (Phi) is 5.74. The molecule has 0 atom stereocenters. The predicted octanol–water partition coefficient (Wildman–Crippen LogP) is 7.08. The van der Waals surface area contributed by atoms with Gasteiger partial charge < -0.3 is 0 Å².